The largest absolute Gasteiger partial charge is 0.573 e. The van der Waals surface area contributed by atoms with Crippen molar-refractivity contribution in [1.82, 2.24) is 4.90 Å². The summed E-state index contributed by atoms with van der Waals surface area (Å²) in [5.41, 5.74) is 7.07. The zero-order chi connectivity index (χ0) is 22.0. The molecule has 3 aromatic rings. The lowest BCUT2D eigenvalue weighted by Crippen LogP contribution is -2.48. The Bertz CT molecular complexity index is 1110. The number of nitrogens with zero attached hydrogens (tertiary/aromatic N) is 1. The first-order valence-corrected chi connectivity index (χ1v) is 9.84. The van der Waals surface area contributed by atoms with E-state index in [0.29, 0.717) is 42.9 Å². The van der Waals surface area contributed by atoms with E-state index in [4.69, 9.17) is 10.5 Å². The van der Waals surface area contributed by atoms with Gasteiger partial charge < -0.3 is 20.1 Å². The molecule has 0 saturated carbocycles. The standard InChI is InChI=1S/C23H21F3N2O3.ClH/c24-23(25,26)31-21-7-2-1-5-20(21)19-6-3-4-15-12-16(8-9-18(15)19)22(29)28-10-11-30-17(13-27)14-28;/h1-9,12,17H,10-11,13-14,27H2;1H. The van der Waals surface area contributed by atoms with Gasteiger partial charge in [-0.1, -0.05) is 42.5 Å². The molecule has 0 aliphatic carbocycles. The van der Waals surface area contributed by atoms with Crippen LogP contribution in [0.25, 0.3) is 21.9 Å². The third-order valence-corrected chi connectivity index (χ3v) is 5.22. The second-order valence-electron chi connectivity index (χ2n) is 7.27. The number of nitrogens with two attached hydrogens (primary N) is 1. The highest BCUT2D eigenvalue weighted by molar-refractivity contribution is 6.03. The van der Waals surface area contributed by atoms with Crippen molar-refractivity contribution in [3.05, 3.63) is 66.2 Å². The van der Waals surface area contributed by atoms with Crippen LogP contribution in [0.4, 0.5) is 13.2 Å². The van der Waals surface area contributed by atoms with E-state index in [1.807, 2.05) is 6.07 Å². The molecule has 0 radical (unpaired) electrons. The summed E-state index contributed by atoms with van der Waals surface area (Å²) in [5.74, 6) is -0.404. The number of ether oxygens (including phenoxy) is 2. The number of hydrogen-bond donors (Lipinski definition) is 1. The van der Waals surface area contributed by atoms with Crippen molar-refractivity contribution in [2.24, 2.45) is 5.73 Å². The van der Waals surface area contributed by atoms with Gasteiger partial charge in [-0.3, -0.25) is 4.79 Å². The van der Waals surface area contributed by atoms with E-state index < -0.39 is 6.36 Å². The number of hydrogen-bond acceptors (Lipinski definition) is 4. The summed E-state index contributed by atoms with van der Waals surface area (Å²) in [5, 5.41) is 1.47. The average molecular weight is 467 g/mol. The molecule has 5 nitrogen and oxygen atoms in total. The van der Waals surface area contributed by atoms with Gasteiger partial charge in [0, 0.05) is 30.8 Å². The van der Waals surface area contributed by atoms with Gasteiger partial charge in [0.2, 0.25) is 0 Å². The van der Waals surface area contributed by atoms with E-state index in [0.717, 1.165) is 10.8 Å². The Morgan fingerprint density at radius 1 is 1.09 bits per heavy atom. The summed E-state index contributed by atoms with van der Waals surface area (Å²) in [4.78, 5) is 14.7. The first-order valence-electron chi connectivity index (χ1n) is 9.84. The van der Waals surface area contributed by atoms with Crippen LogP contribution < -0.4 is 10.5 Å². The molecule has 1 unspecified atom stereocenters. The Hall–Kier alpha value is -2.81. The van der Waals surface area contributed by atoms with Crippen LogP contribution in [-0.4, -0.2) is 49.5 Å². The Balaban J connectivity index is 0.00000289. The Labute approximate surface area is 189 Å². The molecule has 9 heteroatoms. The summed E-state index contributed by atoms with van der Waals surface area (Å²) >= 11 is 0. The van der Waals surface area contributed by atoms with E-state index in [1.54, 1.807) is 47.4 Å². The second kappa shape index (κ2) is 9.77. The minimum Gasteiger partial charge on any atom is -0.405 e. The number of benzene rings is 3. The van der Waals surface area contributed by atoms with Gasteiger partial charge in [0.15, 0.2) is 0 Å². The SMILES string of the molecule is Cl.NCC1CN(C(=O)c2ccc3c(-c4ccccc4OC(F)(F)F)cccc3c2)CCO1. The van der Waals surface area contributed by atoms with Crippen molar-refractivity contribution in [3.8, 4) is 16.9 Å². The lowest BCUT2D eigenvalue weighted by Gasteiger charge is -2.32. The zero-order valence-corrected chi connectivity index (χ0v) is 17.8. The summed E-state index contributed by atoms with van der Waals surface area (Å²) in [6, 6.07) is 16.5. The van der Waals surface area contributed by atoms with Gasteiger partial charge >= 0.3 is 6.36 Å². The average Bonchev–Trinajstić information content (AvgIpc) is 2.77. The van der Waals surface area contributed by atoms with Crippen molar-refractivity contribution >= 4 is 29.1 Å². The number of alkyl halides is 3. The number of rotatable bonds is 4. The van der Waals surface area contributed by atoms with Gasteiger partial charge in [0.1, 0.15) is 5.75 Å². The third-order valence-electron chi connectivity index (χ3n) is 5.22. The number of carbonyl (C=O) groups is 1. The number of fused-ring (bicyclic) bond motifs is 1. The lowest BCUT2D eigenvalue weighted by molar-refractivity contribution is -0.274. The van der Waals surface area contributed by atoms with Gasteiger partial charge in [-0.25, -0.2) is 0 Å². The van der Waals surface area contributed by atoms with Crippen molar-refractivity contribution in [1.29, 1.82) is 0 Å². The smallest absolute Gasteiger partial charge is 0.405 e. The molecule has 3 aromatic carbocycles. The highest BCUT2D eigenvalue weighted by Gasteiger charge is 2.32. The van der Waals surface area contributed by atoms with Crippen molar-refractivity contribution in [3.63, 3.8) is 0 Å². The highest BCUT2D eigenvalue weighted by atomic mass is 35.5. The minimum absolute atomic E-state index is 0. The normalized spacial score (nSPS) is 16.5. The van der Waals surface area contributed by atoms with Crippen molar-refractivity contribution in [2.75, 3.05) is 26.2 Å². The second-order valence-corrected chi connectivity index (χ2v) is 7.27. The predicted molar refractivity (Wildman–Crippen MR) is 118 cm³/mol. The van der Waals surface area contributed by atoms with Crippen LogP contribution in [-0.2, 0) is 4.74 Å². The summed E-state index contributed by atoms with van der Waals surface area (Å²) in [6.07, 6.45) is -4.98. The molecule has 0 bridgehead atoms. The fourth-order valence-corrected chi connectivity index (χ4v) is 3.78. The molecule has 1 saturated heterocycles. The van der Waals surface area contributed by atoms with E-state index in [1.165, 1.54) is 12.1 Å². The first kappa shape index (κ1) is 23.8. The number of morpholine rings is 1. The molecule has 170 valence electrons. The van der Waals surface area contributed by atoms with Crippen LogP contribution in [0.1, 0.15) is 10.4 Å². The van der Waals surface area contributed by atoms with Crippen LogP contribution in [0.15, 0.2) is 60.7 Å². The van der Waals surface area contributed by atoms with Crippen LogP contribution >= 0.6 is 12.4 Å². The molecule has 1 atom stereocenters. The van der Waals surface area contributed by atoms with Gasteiger partial charge in [-0.05, 0) is 34.5 Å². The lowest BCUT2D eigenvalue weighted by atomic mass is 9.96. The van der Waals surface area contributed by atoms with Crippen LogP contribution in [0.3, 0.4) is 0 Å². The molecule has 0 spiro atoms. The Morgan fingerprint density at radius 2 is 1.84 bits per heavy atom. The van der Waals surface area contributed by atoms with Crippen LogP contribution in [0.5, 0.6) is 5.75 Å². The number of amides is 1. The molecular weight excluding hydrogens is 445 g/mol. The van der Waals surface area contributed by atoms with Crippen LogP contribution in [0.2, 0.25) is 0 Å². The molecule has 0 aromatic heterocycles. The van der Waals surface area contributed by atoms with Gasteiger partial charge in [0.25, 0.3) is 5.91 Å². The predicted octanol–water partition coefficient (Wildman–Crippen LogP) is 4.63. The van der Waals surface area contributed by atoms with E-state index in [-0.39, 0.29) is 30.2 Å². The molecule has 4 rings (SSSR count). The maximum absolute atomic E-state index is 13.0. The number of para-hydroxylation sites is 1. The van der Waals surface area contributed by atoms with E-state index in [2.05, 4.69) is 4.74 Å². The summed E-state index contributed by atoms with van der Waals surface area (Å²) < 4.78 is 48.3. The molecule has 2 N–H and O–H groups in total. The molecular formula is C23H22ClF3N2O3. The quantitative estimate of drug-likeness (QED) is 0.609. The highest BCUT2D eigenvalue weighted by Crippen LogP contribution is 2.37. The summed E-state index contributed by atoms with van der Waals surface area (Å²) in [7, 11) is 0. The van der Waals surface area contributed by atoms with Gasteiger partial charge in [-0.2, -0.15) is 0 Å². The van der Waals surface area contributed by atoms with E-state index >= 15 is 0 Å². The molecule has 1 heterocycles. The number of carbonyl (C=O) groups excluding carboxylic acids is 1. The fourth-order valence-electron chi connectivity index (χ4n) is 3.78. The number of halogens is 4. The Morgan fingerprint density at radius 3 is 2.59 bits per heavy atom. The molecule has 1 aliphatic heterocycles. The van der Waals surface area contributed by atoms with Gasteiger partial charge in [-0.15, -0.1) is 25.6 Å². The molecule has 1 fully saturated rings. The van der Waals surface area contributed by atoms with Crippen molar-refractivity contribution in [2.45, 2.75) is 12.5 Å². The first-order chi connectivity index (χ1) is 14.9. The maximum Gasteiger partial charge on any atom is 0.573 e. The topological polar surface area (TPSA) is 64.8 Å². The monoisotopic (exact) mass is 466 g/mol. The van der Waals surface area contributed by atoms with Gasteiger partial charge in [0.05, 0.1) is 12.7 Å². The maximum atomic E-state index is 13.0. The summed E-state index contributed by atoms with van der Waals surface area (Å²) in [6.45, 7) is 1.68. The van der Waals surface area contributed by atoms with E-state index in [9.17, 15) is 18.0 Å². The fraction of sp³-hybridized carbons (Fsp3) is 0.261. The molecule has 1 aliphatic rings. The Kier molecular flexibility index (Phi) is 7.28. The van der Waals surface area contributed by atoms with Crippen LogP contribution in [0, 0.1) is 0 Å². The van der Waals surface area contributed by atoms with Crippen molar-refractivity contribution < 1.29 is 27.4 Å². The third kappa shape index (κ3) is 5.15. The molecule has 32 heavy (non-hydrogen) atoms. The minimum atomic E-state index is -4.79. The zero-order valence-electron chi connectivity index (χ0n) is 17.0. The molecule has 1 amide bonds.